The first-order valence-corrected chi connectivity index (χ1v) is 4.70. The van der Waals surface area contributed by atoms with Gasteiger partial charge in [0.25, 0.3) is 0 Å². The van der Waals surface area contributed by atoms with E-state index in [-0.39, 0.29) is 0 Å². The van der Waals surface area contributed by atoms with Gasteiger partial charge in [-0.25, -0.2) is 0 Å². The molecule has 0 saturated heterocycles. The van der Waals surface area contributed by atoms with Crippen molar-refractivity contribution in [3.63, 3.8) is 0 Å². The van der Waals surface area contributed by atoms with Gasteiger partial charge in [-0.3, -0.25) is 0 Å². The van der Waals surface area contributed by atoms with E-state index in [1.807, 2.05) is 0 Å². The van der Waals surface area contributed by atoms with E-state index in [0.29, 0.717) is 0 Å². The van der Waals surface area contributed by atoms with Gasteiger partial charge in [-0.15, -0.1) is 0 Å². The molecule has 0 saturated carbocycles. The minimum atomic E-state index is 0.916. The van der Waals surface area contributed by atoms with Crippen LogP contribution in [0.4, 0.5) is 0 Å². The van der Waals surface area contributed by atoms with Gasteiger partial charge in [-0.1, -0.05) is 0 Å². The number of rotatable bonds is 3. The number of hydrogen-bond donors (Lipinski definition) is 0. The fourth-order valence-corrected chi connectivity index (χ4v) is 1.03. The predicted octanol–water partition coefficient (Wildman–Crippen LogP) is 2.39. The second-order valence-electron chi connectivity index (χ2n) is 2.24. The Morgan fingerprint density at radius 3 is 2.14 bits per heavy atom. The van der Waals surface area contributed by atoms with Crippen LogP contribution in [-0.4, -0.2) is 0 Å². The van der Waals surface area contributed by atoms with E-state index >= 15 is 0 Å². The minimum absolute atomic E-state index is 0.916. The summed E-state index contributed by atoms with van der Waals surface area (Å²) in [5, 5.41) is 0. The van der Waals surface area contributed by atoms with Crippen LogP contribution in [0.1, 0.15) is 26.7 Å². The maximum atomic E-state index is 2.28. The molecule has 0 spiro atoms. The molecule has 0 radical (unpaired) electrons. The molecule has 0 fully saturated rings. The zero-order valence-electron chi connectivity index (χ0n) is 5.11. The van der Waals surface area contributed by atoms with E-state index in [0.717, 1.165) is 5.92 Å². The van der Waals surface area contributed by atoms with E-state index in [2.05, 4.69) is 13.8 Å². The Kier molecular flexibility index (Phi) is 6.52. The van der Waals surface area contributed by atoms with Crippen LogP contribution in [0.25, 0.3) is 0 Å². The van der Waals surface area contributed by atoms with Crippen LogP contribution in [0.3, 0.4) is 0 Å². The molecule has 0 aromatic carbocycles. The second kappa shape index (κ2) is 5.47. The van der Waals surface area contributed by atoms with Crippen LogP contribution in [0.2, 0.25) is 2.14 Å². The quantitative estimate of drug-likeness (QED) is 0.705. The fourth-order valence-electron chi connectivity index (χ4n) is 0.492. The summed E-state index contributed by atoms with van der Waals surface area (Å²) in [5.41, 5.74) is 0. The van der Waals surface area contributed by atoms with E-state index in [1.165, 1.54) is 15.0 Å². The van der Waals surface area contributed by atoms with Gasteiger partial charge in [0.1, 0.15) is 0 Å². The second-order valence-corrected chi connectivity index (χ2v) is 3.55. The molecule has 0 aliphatic rings. The summed E-state index contributed by atoms with van der Waals surface area (Å²) in [6.07, 6.45) is 2.86. The van der Waals surface area contributed by atoms with Crippen LogP contribution in [-0.2, 0) is 0 Å². The monoisotopic (exact) mass is 237 g/mol. The van der Waals surface area contributed by atoms with Crippen LogP contribution in [0, 0.1) is 44.3 Å². The standard InChI is InChI=1S/C6H13.Sm/c1-4-5-6(2)3;/h6H,1,4-5H2,2-3H3;. The van der Waals surface area contributed by atoms with Gasteiger partial charge >= 0.3 is 73.1 Å². The SMILES string of the molecule is CC(C)CC[CH2][Sm]. The van der Waals surface area contributed by atoms with Gasteiger partial charge < -0.3 is 0 Å². The molecule has 0 aliphatic carbocycles. The Hall–Kier alpha value is 1.34. The van der Waals surface area contributed by atoms with Crippen molar-refractivity contribution < 1.29 is 38.3 Å². The van der Waals surface area contributed by atoms with Crippen LogP contribution in [0.5, 0.6) is 0 Å². The van der Waals surface area contributed by atoms with E-state index < -0.39 is 0 Å². The maximum absolute atomic E-state index is 2.28. The molecule has 1 heteroatoms. The summed E-state index contributed by atoms with van der Waals surface area (Å²) in [7, 11) is 0. The molecule has 43 valence electrons. The molecule has 0 heterocycles. The third kappa shape index (κ3) is 7.34. The first-order chi connectivity index (χ1) is 3.27. The van der Waals surface area contributed by atoms with Crippen molar-refractivity contribution >= 4 is 0 Å². The first-order valence-electron chi connectivity index (χ1n) is 2.85. The molecule has 0 aliphatic heterocycles. The molecule has 0 N–H and O–H groups in total. The van der Waals surface area contributed by atoms with Crippen molar-refractivity contribution in [3.05, 3.63) is 0 Å². The van der Waals surface area contributed by atoms with Crippen molar-refractivity contribution in [3.8, 4) is 0 Å². The molecule has 0 rings (SSSR count). The molecule has 0 aromatic heterocycles. The summed E-state index contributed by atoms with van der Waals surface area (Å²) in [5.74, 6) is 0.916. The van der Waals surface area contributed by atoms with Crippen LogP contribution < -0.4 is 0 Å². The van der Waals surface area contributed by atoms with E-state index in [1.54, 1.807) is 38.3 Å². The molecule has 0 atom stereocenters. The van der Waals surface area contributed by atoms with Gasteiger partial charge in [0.15, 0.2) is 0 Å². The normalized spacial score (nSPS) is 10.1. The molecule has 0 bridgehead atoms. The molecule has 7 heavy (non-hydrogen) atoms. The molecule has 0 aromatic rings. The fraction of sp³-hybridized carbons (Fsp3) is 1.00. The van der Waals surface area contributed by atoms with Crippen molar-refractivity contribution in [2.45, 2.75) is 28.8 Å². The van der Waals surface area contributed by atoms with E-state index in [4.69, 9.17) is 0 Å². The summed E-state index contributed by atoms with van der Waals surface area (Å²) in [4.78, 5) is 0. The number of hydrogen-bond acceptors (Lipinski definition) is 0. The van der Waals surface area contributed by atoms with Crippen LogP contribution in [0.15, 0.2) is 0 Å². The summed E-state index contributed by atoms with van der Waals surface area (Å²) in [6, 6.07) is 0. The third-order valence-electron chi connectivity index (χ3n) is 0.926. The topological polar surface area (TPSA) is 0 Å². The predicted molar refractivity (Wildman–Crippen MR) is 28.9 cm³/mol. The first kappa shape index (κ1) is 8.34. The van der Waals surface area contributed by atoms with Gasteiger partial charge in [0, 0.05) is 0 Å². The Morgan fingerprint density at radius 2 is 2.00 bits per heavy atom. The summed E-state index contributed by atoms with van der Waals surface area (Å²) < 4.78 is 1.43. The zero-order valence-corrected chi connectivity index (χ0v) is 7.73. The summed E-state index contributed by atoms with van der Waals surface area (Å²) >= 11 is 1.73. The van der Waals surface area contributed by atoms with Crippen molar-refractivity contribution in [1.82, 2.24) is 0 Å². The molecule has 0 amide bonds. The Balaban J connectivity index is 2.68. The molecular formula is C6H13Sm. The van der Waals surface area contributed by atoms with Gasteiger partial charge in [0.05, 0.1) is 0 Å². The summed E-state index contributed by atoms with van der Waals surface area (Å²) in [6.45, 7) is 4.57. The van der Waals surface area contributed by atoms with Gasteiger partial charge in [-0.2, -0.15) is 0 Å². The molecule has 0 nitrogen and oxygen atoms in total. The molecular weight excluding hydrogens is 222 g/mol. The Labute approximate surface area is 72.3 Å². The van der Waals surface area contributed by atoms with Gasteiger partial charge in [-0.05, 0) is 0 Å². The van der Waals surface area contributed by atoms with Crippen molar-refractivity contribution in [2.24, 2.45) is 5.92 Å². The van der Waals surface area contributed by atoms with Crippen molar-refractivity contribution in [1.29, 1.82) is 0 Å². The van der Waals surface area contributed by atoms with Crippen LogP contribution >= 0.6 is 0 Å². The zero-order chi connectivity index (χ0) is 5.70. The van der Waals surface area contributed by atoms with Crippen molar-refractivity contribution in [2.75, 3.05) is 0 Å². The average Bonchev–Trinajstić information content (AvgIpc) is 1.61. The van der Waals surface area contributed by atoms with Gasteiger partial charge in [0.2, 0.25) is 0 Å². The van der Waals surface area contributed by atoms with E-state index in [9.17, 15) is 0 Å². The Morgan fingerprint density at radius 1 is 1.43 bits per heavy atom. The average molecular weight is 236 g/mol. The Bertz CT molecular complexity index is 33.2. The third-order valence-corrected chi connectivity index (χ3v) is 1.85. The molecule has 0 unspecified atom stereocenters.